The van der Waals surface area contributed by atoms with Crippen molar-refractivity contribution in [1.29, 1.82) is 0 Å². The molecule has 0 aliphatic carbocycles. The summed E-state index contributed by atoms with van der Waals surface area (Å²) in [6.07, 6.45) is 0.538. The van der Waals surface area contributed by atoms with Gasteiger partial charge in [0.25, 0.3) is 0 Å². The molecular weight excluding hydrogens is 258 g/mol. The molecule has 0 saturated carbocycles. The molecule has 1 aromatic carbocycles. The van der Waals surface area contributed by atoms with Crippen molar-refractivity contribution in [3.63, 3.8) is 0 Å². The highest BCUT2D eigenvalue weighted by Gasteiger charge is 2.17. The molecule has 1 aromatic rings. The summed E-state index contributed by atoms with van der Waals surface area (Å²) in [7, 11) is -1.69. The van der Waals surface area contributed by atoms with Crippen LogP contribution < -0.4 is 5.46 Å². The molecule has 1 rings (SSSR count). The highest BCUT2D eigenvalue weighted by atomic mass is 79.9. The average molecular weight is 263 g/mol. The SMILES string of the molecule is O=Cc1cc(Br)c(Cl)cc1B(O)O. The molecule has 0 aromatic heterocycles. The Morgan fingerprint density at radius 2 is 2.08 bits per heavy atom. The summed E-state index contributed by atoms with van der Waals surface area (Å²) in [5.74, 6) is 0. The Morgan fingerprint density at radius 1 is 1.46 bits per heavy atom. The Morgan fingerprint density at radius 3 is 2.54 bits per heavy atom. The van der Waals surface area contributed by atoms with Gasteiger partial charge in [0.05, 0.1) is 5.02 Å². The molecule has 0 amide bonds. The van der Waals surface area contributed by atoms with Crippen molar-refractivity contribution in [2.45, 2.75) is 0 Å². The number of carbonyl (C=O) groups is 1. The molecule has 0 fully saturated rings. The molecule has 2 N–H and O–H groups in total. The molecule has 3 nitrogen and oxygen atoms in total. The van der Waals surface area contributed by atoms with E-state index in [1.165, 1.54) is 12.1 Å². The monoisotopic (exact) mass is 262 g/mol. The molecule has 0 bridgehead atoms. The smallest absolute Gasteiger partial charge is 0.423 e. The minimum atomic E-state index is -1.69. The minimum Gasteiger partial charge on any atom is -0.423 e. The number of aldehydes is 1. The van der Waals surface area contributed by atoms with Crippen LogP contribution in [0, 0.1) is 0 Å². The molecule has 13 heavy (non-hydrogen) atoms. The number of benzene rings is 1. The Hall–Kier alpha value is -0.355. The van der Waals surface area contributed by atoms with Crippen LogP contribution in [-0.2, 0) is 0 Å². The molecule has 0 aliphatic rings. The van der Waals surface area contributed by atoms with E-state index in [-0.39, 0.29) is 11.0 Å². The van der Waals surface area contributed by atoms with Crippen molar-refractivity contribution in [1.82, 2.24) is 0 Å². The van der Waals surface area contributed by atoms with Gasteiger partial charge >= 0.3 is 7.12 Å². The van der Waals surface area contributed by atoms with E-state index in [1.54, 1.807) is 0 Å². The van der Waals surface area contributed by atoms with E-state index in [2.05, 4.69) is 15.9 Å². The van der Waals surface area contributed by atoms with Crippen molar-refractivity contribution >= 4 is 46.4 Å². The topological polar surface area (TPSA) is 57.5 Å². The van der Waals surface area contributed by atoms with Gasteiger partial charge in [-0.05, 0) is 33.5 Å². The lowest BCUT2D eigenvalue weighted by Gasteiger charge is -2.05. The maximum Gasteiger partial charge on any atom is 0.489 e. The van der Waals surface area contributed by atoms with Gasteiger partial charge < -0.3 is 10.0 Å². The first-order valence-electron chi connectivity index (χ1n) is 3.36. The predicted molar refractivity (Wildman–Crippen MR) is 54.4 cm³/mol. The zero-order valence-corrected chi connectivity index (χ0v) is 8.71. The van der Waals surface area contributed by atoms with Crippen LogP contribution in [-0.4, -0.2) is 23.5 Å². The van der Waals surface area contributed by atoms with Crippen LogP contribution in [0.15, 0.2) is 16.6 Å². The molecule has 68 valence electrons. The van der Waals surface area contributed by atoms with Gasteiger partial charge in [0, 0.05) is 10.0 Å². The first-order valence-corrected chi connectivity index (χ1v) is 4.53. The molecule has 0 unspecified atom stereocenters. The quantitative estimate of drug-likeness (QED) is 0.606. The normalized spacial score (nSPS) is 9.85. The van der Waals surface area contributed by atoms with Gasteiger partial charge in [0.2, 0.25) is 0 Å². The van der Waals surface area contributed by atoms with E-state index in [1.807, 2.05) is 0 Å². The summed E-state index contributed by atoms with van der Waals surface area (Å²) in [5.41, 5.74) is 0.300. The van der Waals surface area contributed by atoms with Gasteiger partial charge in [-0.1, -0.05) is 11.6 Å². The molecule has 0 heterocycles. The van der Waals surface area contributed by atoms with E-state index >= 15 is 0 Å². The second kappa shape index (κ2) is 4.24. The van der Waals surface area contributed by atoms with Gasteiger partial charge in [-0.15, -0.1) is 0 Å². The third kappa shape index (κ3) is 2.31. The second-order valence-corrected chi connectivity index (χ2v) is 3.65. The van der Waals surface area contributed by atoms with Crippen LogP contribution in [0.4, 0.5) is 0 Å². The Kier molecular flexibility index (Phi) is 3.50. The molecule has 0 spiro atoms. The van der Waals surface area contributed by atoms with E-state index < -0.39 is 7.12 Å². The predicted octanol–water partition coefficient (Wildman–Crippen LogP) is 0.595. The fourth-order valence-electron chi connectivity index (χ4n) is 0.903. The van der Waals surface area contributed by atoms with Crippen molar-refractivity contribution < 1.29 is 14.8 Å². The number of rotatable bonds is 2. The van der Waals surface area contributed by atoms with Crippen molar-refractivity contribution in [3.8, 4) is 0 Å². The second-order valence-electron chi connectivity index (χ2n) is 2.39. The molecule has 6 heteroatoms. The Bertz CT molecular complexity index is 343. The van der Waals surface area contributed by atoms with Crippen LogP contribution in [0.1, 0.15) is 10.4 Å². The maximum absolute atomic E-state index is 10.5. The fourth-order valence-corrected chi connectivity index (χ4v) is 1.44. The van der Waals surface area contributed by atoms with Crippen molar-refractivity contribution in [2.24, 2.45) is 0 Å². The summed E-state index contributed by atoms with van der Waals surface area (Å²) in [4.78, 5) is 10.5. The Balaban J connectivity index is 3.32. The van der Waals surface area contributed by atoms with Crippen molar-refractivity contribution in [3.05, 3.63) is 27.2 Å². The zero-order valence-electron chi connectivity index (χ0n) is 6.37. The summed E-state index contributed by atoms with van der Waals surface area (Å²) < 4.78 is 0.542. The molecule has 0 atom stereocenters. The number of hydrogen-bond donors (Lipinski definition) is 2. The van der Waals surface area contributed by atoms with E-state index in [9.17, 15) is 4.79 Å². The minimum absolute atomic E-state index is 0.100. The van der Waals surface area contributed by atoms with Gasteiger partial charge in [-0.3, -0.25) is 4.79 Å². The lowest BCUT2D eigenvalue weighted by molar-refractivity contribution is 0.112. The van der Waals surface area contributed by atoms with Crippen LogP contribution in [0.2, 0.25) is 5.02 Å². The number of hydrogen-bond acceptors (Lipinski definition) is 3. The lowest BCUT2D eigenvalue weighted by Crippen LogP contribution is -2.33. The van der Waals surface area contributed by atoms with E-state index in [4.69, 9.17) is 21.6 Å². The molecule has 0 radical (unpaired) electrons. The highest BCUT2D eigenvalue weighted by molar-refractivity contribution is 9.10. The molecular formula is C7H5BBrClO3. The highest BCUT2D eigenvalue weighted by Crippen LogP contribution is 2.21. The summed E-state index contributed by atoms with van der Waals surface area (Å²) in [6.45, 7) is 0. The Labute approximate surface area is 88.6 Å². The van der Waals surface area contributed by atoms with Crippen molar-refractivity contribution in [2.75, 3.05) is 0 Å². The van der Waals surface area contributed by atoms with E-state index in [0.29, 0.717) is 15.8 Å². The standard InChI is InChI=1S/C7H5BBrClO3/c9-6-1-4(3-11)5(8(12)13)2-7(6)10/h1-3,12-13H. The summed E-state index contributed by atoms with van der Waals surface area (Å²) in [6, 6.07) is 2.77. The van der Waals surface area contributed by atoms with Gasteiger partial charge in [-0.2, -0.15) is 0 Å². The van der Waals surface area contributed by atoms with E-state index in [0.717, 1.165) is 0 Å². The van der Waals surface area contributed by atoms with Gasteiger partial charge in [0.15, 0.2) is 0 Å². The van der Waals surface area contributed by atoms with Crippen LogP contribution >= 0.6 is 27.5 Å². The first kappa shape index (κ1) is 10.7. The van der Waals surface area contributed by atoms with Crippen LogP contribution in [0.3, 0.4) is 0 Å². The fraction of sp³-hybridized carbons (Fsp3) is 0. The van der Waals surface area contributed by atoms with Gasteiger partial charge in [-0.25, -0.2) is 0 Å². The molecule has 0 aliphatic heterocycles. The average Bonchev–Trinajstić information content (AvgIpc) is 2.08. The van der Waals surface area contributed by atoms with Gasteiger partial charge in [0.1, 0.15) is 6.29 Å². The third-order valence-corrected chi connectivity index (χ3v) is 2.73. The largest absolute Gasteiger partial charge is 0.489 e. The first-order chi connectivity index (χ1) is 6.06. The third-order valence-electron chi connectivity index (χ3n) is 1.53. The van der Waals surface area contributed by atoms with Crippen LogP contribution in [0.25, 0.3) is 0 Å². The zero-order chi connectivity index (χ0) is 10.0. The summed E-state index contributed by atoms with van der Waals surface area (Å²) in [5, 5.41) is 18.1. The summed E-state index contributed by atoms with van der Waals surface area (Å²) >= 11 is 8.82. The maximum atomic E-state index is 10.5. The molecule has 0 saturated heterocycles. The lowest BCUT2D eigenvalue weighted by atomic mass is 9.77. The number of carbonyl (C=O) groups excluding carboxylic acids is 1. The number of halogens is 2. The van der Waals surface area contributed by atoms with Crippen LogP contribution in [0.5, 0.6) is 0 Å².